The molecule has 0 bridgehead atoms. The molecule has 1 aliphatic carbocycles. The molecule has 0 saturated heterocycles. The molecule has 1 aliphatic rings. The monoisotopic (exact) mass is 390 g/mol. The van der Waals surface area contributed by atoms with Crippen molar-refractivity contribution in [3.05, 3.63) is 33.8 Å². The average Bonchev–Trinajstić information content (AvgIpc) is 2.43. The highest BCUT2D eigenvalue weighted by Gasteiger charge is 2.38. The summed E-state index contributed by atoms with van der Waals surface area (Å²) in [6.45, 7) is 7.10. The molecule has 0 nitrogen and oxygen atoms in total. The molecule has 1 aromatic carbocycles. The van der Waals surface area contributed by atoms with Crippen molar-refractivity contribution >= 4 is 39.1 Å². The van der Waals surface area contributed by atoms with E-state index in [4.69, 9.17) is 23.2 Å². The zero-order chi connectivity index (χ0) is 15.7. The van der Waals surface area contributed by atoms with Gasteiger partial charge in [-0.3, -0.25) is 0 Å². The summed E-state index contributed by atoms with van der Waals surface area (Å²) in [5.41, 5.74) is 1.94. The lowest BCUT2D eigenvalue weighted by molar-refractivity contribution is 0.103. The number of hydrogen-bond donors (Lipinski definition) is 0. The molecule has 118 valence electrons. The van der Waals surface area contributed by atoms with Crippen molar-refractivity contribution in [2.75, 3.05) is 5.33 Å². The van der Waals surface area contributed by atoms with Gasteiger partial charge in [0.05, 0.1) is 10.0 Å². The molecule has 0 heterocycles. The summed E-state index contributed by atoms with van der Waals surface area (Å²) in [5, 5.41) is 2.44. The Balaban J connectivity index is 2.12. The second kappa shape index (κ2) is 6.81. The molecule has 0 radical (unpaired) electrons. The molecule has 0 atom stereocenters. The Morgan fingerprint density at radius 2 is 1.81 bits per heavy atom. The molecule has 1 aromatic rings. The lowest BCUT2D eigenvalue weighted by Crippen LogP contribution is -2.35. The van der Waals surface area contributed by atoms with Crippen LogP contribution in [0.5, 0.6) is 0 Å². The van der Waals surface area contributed by atoms with Crippen LogP contribution in [0.25, 0.3) is 0 Å². The van der Waals surface area contributed by atoms with Gasteiger partial charge in [-0.15, -0.1) is 0 Å². The topological polar surface area (TPSA) is 0 Å². The first-order chi connectivity index (χ1) is 9.77. The predicted octanol–water partition coefficient (Wildman–Crippen LogP) is 7.15. The second-order valence-electron chi connectivity index (χ2n) is 7.66. The zero-order valence-electron chi connectivity index (χ0n) is 13.2. The largest absolute Gasteiger partial charge is 0.0922 e. The zero-order valence-corrected chi connectivity index (χ0v) is 16.3. The van der Waals surface area contributed by atoms with Crippen LogP contribution in [0, 0.1) is 16.7 Å². The van der Waals surface area contributed by atoms with Crippen LogP contribution in [0.2, 0.25) is 10.0 Å². The van der Waals surface area contributed by atoms with Crippen molar-refractivity contribution in [1.82, 2.24) is 0 Å². The van der Waals surface area contributed by atoms with Crippen LogP contribution >= 0.6 is 39.1 Å². The third-order valence-corrected chi connectivity index (χ3v) is 7.20. The summed E-state index contributed by atoms with van der Waals surface area (Å²) < 4.78 is 0. The fraction of sp³-hybridized carbons (Fsp3) is 0.667. The molecule has 0 unspecified atom stereocenters. The van der Waals surface area contributed by atoms with E-state index >= 15 is 0 Å². The van der Waals surface area contributed by atoms with Crippen molar-refractivity contribution in [2.24, 2.45) is 16.7 Å². The van der Waals surface area contributed by atoms with E-state index in [2.05, 4.69) is 42.8 Å². The highest BCUT2D eigenvalue weighted by Crippen LogP contribution is 2.48. The van der Waals surface area contributed by atoms with Crippen LogP contribution in [0.4, 0.5) is 0 Å². The Morgan fingerprint density at radius 1 is 1.19 bits per heavy atom. The molecule has 2 rings (SSSR count). The van der Waals surface area contributed by atoms with Crippen molar-refractivity contribution in [3.8, 4) is 0 Å². The fourth-order valence-electron chi connectivity index (χ4n) is 3.54. The number of alkyl halides is 1. The molecular weight excluding hydrogens is 367 g/mol. The Kier molecular flexibility index (Phi) is 5.71. The first-order valence-corrected chi connectivity index (χ1v) is 9.64. The van der Waals surface area contributed by atoms with Gasteiger partial charge in [0.15, 0.2) is 0 Å². The van der Waals surface area contributed by atoms with E-state index in [0.717, 1.165) is 22.7 Å². The SMILES string of the molecule is CC(C)(C)C1CCC(CBr)(Cc2cccc(Cl)c2Cl)CC1. The van der Waals surface area contributed by atoms with Crippen molar-refractivity contribution in [1.29, 1.82) is 0 Å². The minimum Gasteiger partial charge on any atom is -0.0922 e. The molecule has 0 aromatic heterocycles. The summed E-state index contributed by atoms with van der Waals surface area (Å²) in [4.78, 5) is 0. The van der Waals surface area contributed by atoms with Gasteiger partial charge in [0.1, 0.15) is 0 Å². The van der Waals surface area contributed by atoms with E-state index in [9.17, 15) is 0 Å². The smallest absolute Gasteiger partial charge is 0.0624 e. The third-order valence-electron chi connectivity index (χ3n) is 5.15. The number of halogens is 3. The quantitative estimate of drug-likeness (QED) is 0.479. The van der Waals surface area contributed by atoms with E-state index in [1.807, 2.05) is 12.1 Å². The van der Waals surface area contributed by atoms with Crippen LogP contribution in [-0.4, -0.2) is 5.33 Å². The Labute approximate surface area is 147 Å². The lowest BCUT2D eigenvalue weighted by atomic mass is 9.63. The summed E-state index contributed by atoms with van der Waals surface area (Å²) in [6, 6.07) is 5.99. The fourth-order valence-corrected chi connectivity index (χ4v) is 4.69. The Hall–Kier alpha value is 0.280. The van der Waals surface area contributed by atoms with Gasteiger partial charge in [-0.2, -0.15) is 0 Å². The van der Waals surface area contributed by atoms with Crippen LogP contribution in [-0.2, 0) is 6.42 Å². The van der Waals surface area contributed by atoms with Crippen LogP contribution < -0.4 is 0 Å². The summed E-state index contributed by atoms with van der Waals surface area (Å²) in [6.07, 6.45) is 6.18. The van der Waals surface area contributed by atoms with Crippen molar-refractivity contribution in [2.45, 2.75) is 52.9 Å². The Bertz CT molecular complexity index is 482. The van der Waals surface area contributed by atoms with E-state index < -0.39 is 0 Å². The molecule has 3 heteroatoms. The van der Waals surface area contributed by atoms with E-state index in [1.54, 1.807) is 0 Å². The van der Waals surface area contributed by atoms with Gasteiger partial charge in [-0.25, -0.2) is 0 Å². The maximum absolute atomic E-state index is 6.39. The third kappa shape index (κ3) is 4.18. The lowest BCUT2D eigenvalue weighted by Gasteiger charge is -2.43. The van der Waals surface area contributed by atoms with Crippen LogP contribution in [0.3, 0.4) is 0 Å². The maximum Gasteiger partial charge on any atom is 0.0624 e. The first kappa shape index (κ1) is 17.6. The molecule has 0 spiro atoms. The maximum atomic E-state index is 6.39. The number of hydrogen-bond acceptors (Lipinski definition) is 0. The normalized spacial score (nSPS) is 26.9. The van der Waals surface area contributed by atoms with E-state index in [1.165, 1.54) is 31.2 Å². The van der Waals surface area contributed by atoms with Crippen molar-refractivity contribution < 1.29 is 0 Å². The molecular formula is C18H25BrCl2. The molecule has 21 heavy (non-hydrogen) atoms. The van der Waals surface area contributed by atoms with Gasteiger partial charge in [0.2, 0.25) is 0 Å². The highest BCUT2D eigenvalue weighted by molar-refractivity contribution is 9.09. The van der Waals surface area contributed by atoms with Gasteiger partial charge in [0, 0.05) is 5.33 Å². The van der Waals surface area contributed by atoms with Gasteiger partial charge in [-0.05, 0) is 60.5 Å². The summed E-state index contributed by atoms with van der Waals surface area (Å²) >= 11 is 16.3. The van der Waals surface area contributed by atoms with Gasteiger partial charge < -0.3 is 0 Å². The minimum atomic E-state index is 0.329. The van der Waals surface area contributed by atoms with Gasteiger partial charge >= 0.3 is 0 Å². The van der Waals surface area contributed by atoms with E-state index in [-0.39, 0.29) is 0 Å². The van der Waals surface area contributed by atoms with Gasteiger partial charge in [0.25, 0.3) is 0 Å². The highest BCUT2D eigenvalue weighted by atomic mass is 79.9. The molecule has 0 aliphatic heterocycles. The predicted molar refractivity (Wildman–Crippen MR) is 97.8 cm³/mol. The first-order valence-electron chi connectivity index (χ1n) is 7.76. The van der Waals surface area contributed by atoms with Gasteiger partial charge in [-0.1, -0.05) is 72.0 Å². The van der Waals surface area contributed by atoms with Crippen LogP contribution in [0.1, 0.15) is 52.0 Å². The van der Waals surface area contributed by atoms with Crippen LogP contribution in [0.15, 0.2) is 18.2 Å². The molecule has 1 fully saturated rings. The average molecular weight is 392 g/mol. The molecule has 1 saturated carbocycles. The van der Waals surface area contributed by atoms with Crippen molar-refractivity contribution in [3.63, 3.8) is 0 Å². The molecule has 0 amide bonds. The minimum absolute atomic E-state index is 0.329. The summed E-state index contributed by atoms with van der Waals surface area (Å²) in [5.74, 6) is 0.833. The summed E-state index contributed by atoms with van der Waals surface area (Å²) in [7, 11) is 0. The standard InChI is InChI=1S/C18H25BrCl2/c1-17(2,3)14-7-9-18(12-19,10-8-14)11-13-5-4-6-15(20)16(13)21/h4-6,14H,7-12H2,1-3H3. The number of benzene rings is 1. The Morgan fingerprint density at radius 3 is 2.33 bits per heavy atom. The molecule has 0 N–H and O–H groups in total. The number of rotatable bonds is 3. The van der Waals surface area contributed by atoms with E-state index in [0.29, 0.717) is 15.9 Å². The second-order valence-corrected chi connectivity index (χ2v) is 9.01.